The van der Waals surface area contributed by atoms with Gasteiger partial charge in [-0.05, 0) is 23.3 Å². The highest BCUT2D eigenvalue weighted by molar-refractivity contribution is 5.85. The predicted molar refractivity (Wildman–Crippen MR) is 116 cm³/mol. The van der Waals surface area contributed by atoms with Crippen molar-refractivity contribution in [2.75, 3.05) is 33.3 Å². The summed E-state index contributed by atoms with van der Waals surface area (Å²) in [5, 5.41) is 12.6. The minimum absolute atomic E-state index is 0. The molecule has 0 radical (unpaired) electrons. The van der Waals surface area contributed by atoms with Crippen LogP contribution in [0.3, 0.4) is 0 Å². The first-order valence-corrected chi connectivity index (χ1v) is 8.98. The van der Waals surface area contributed by atoms with Crippen molar-refractivity contribution < 1.29 is 9.47 Å². The monoisotopic (exact) mass is 423 g/mol. The second-order valence-corrected chi connectivity index (χ2v) is 6.35. The van der Waals surface area contributed by atoms with Gasteiger partial charge in [0.1, 0.15) is 6.61 Å². The normalized spacial score (nSPS) is 14.7. The zero-order valence-electron chi connectivity index (χ0n) is 16.0. The summed E-state index contributed by atoms with van der Waals surface area (Å²) >= 11 is 0. The van der Waals surface area contributed by atoms with Gasteiger partial charge in [0.25, 0.3) is 0 Å². The predicted octanol–water partition coefficient (Wildman–Crippen LogP) is 3.98. The number of benzene rings is 2. The molecule has 0 spiro atoms. The van der Waals surface area contributed by atoms with Crippen LogP contribution in [0, 0.1) is 11.3 Å². The molecule has 0 unspecified atom stereocenters. The topological polar surface area (TPSA) is 57.5 Å². The minimum Gasteiger partial charge on any atom is -0.493 e. The number of nitriles is 1. The van der Waals surface area contributed by atoms with Crippen molar-refractivity contribution in [1.82, 2.24) is 10.2 Å². The lowest BCUT2D eigenvalue weighted by atomic mass is 10.0. The average molecular weight is 424 g/mol. The van der Waals surface area contributed by atoms with Crippen LogP contribution in [0.4, 0.5) is 0 Å². The van der Waals surface area contributed by atoms with E-state index in [1.54, 1.807) is 7.11 Å². The molecule has 0 aromatic heterocycles. The summed E-state index contributed by atoms with van der Waals surface area (Å²) in [6.07, 6.45) is 0.466. The lowest BCUT2D eigenvalue weighted by molar-refractivity contribution is 0.175. The number of rotatable bonds is 7. The Morgan fingerprint density at radius 3 is 2.43 bits per heavy atom. The first-order chi connectivity index (χ1) is 12.8. The van der Waals surface area contributed by atoms with Crippen molar-refractivity contribution in [3.8, 4) is 17.6 Å². The molecule has 0 bridgehead atoms. The Morgan fingerprint density at radius 1 is 1.07 bits per heavy atom. The highest BCUT2D eigenvalue weighted by Crippen LogP contribution is 2.34. The molecule has 1 saturated heterocycles. The molecule has 2 aromatic rings. The van der Waals surface area contributed by atoms with Crippen LogP contribution in [0.15, 0.2) is 48.5 Å². The molecule has 0 saturated carbocycles. The van der Waals surface area contributed by atoms with Crippen molar-refractivity contribution in [1.29, 1.82) is 5.26 Å². The molecule has 2 aromatic carbocycles. The van der Waals surface area contributed by atoms with Gasteiger partial charge in [0.15, 0.2) is 11.5 Å². The Bertz CT molecular complexity index is 747. The van der Waals surface area contributed by atoms with E-state index in [4.69, 9.17) is 9.47 Å². The fourth-order valence-corrected chi connectivity index (χ4v) is 3.28. The molecule has 1 heterocycles. The van der Waals surface area contributed by atoms with E-state index in [2.05, 4.69) is 16.3 Å². The first-order valence-electron chi connectivity index (χ1n) is 8.98. The van der Waals surface area contributed by atoms with E-state index in [1.807, 2.05) is 48.5 Å². The quantitative estimate of drug-likeness (QED) is 0.729. The molecule has 1 atom stereocenters. The van der Waals surface area contributed by atoms with E-state index in [-0.39, 0.29) is 30.9 Å². The van der Waals surface area contributed by atoms with Crippen LogP contribution in [0.2, 0.25) is 0 Å². The van der Waals surface area contributed by atoms with Crippen LogP contribution in [0.1, 0.15) is 23.6 Å². The van der Waals surface area contributed by atoms with Gasteiger partial charge in [-0.15, -0.1) is 24.8 Å². The van der Waals surface area contributed by atoms with Gasteiger partial charge in [-0.25, -0.2) is 0 Å². The van der Waals surface area contributed by atoms with E-state index in [0.29, 0.717) is 18.8 Å². The molecule has 1 N–H and O–H groups in total. The highest BCUT2D eigenvalue weighted by Gasteiger charge is 2.23. The largest absolute Gasteiger partial charge is 0.493 e. The number of piperazine rings is 1. The third-order valence-corrected chi connectivity index (χ3v) is 4.69. The summed E-state index contributed by atoms with van der Waals surface area (Å²) in [6, 6.07) is 18.5. The molecule has 0 amide bonds. The standard InChI is InChI=1S/C21H25N3O2.2ClH/c1-25-21-15-18(19(9-10-22)24-13-11-23-12-14-24)7-8-20(21)26-16-17-5-3-2-4-6-17;;/h2-8,15,19,23H,9,11-14,16H2,1H3;2*1H/t19-;;/m1../s1. The van der Waals surface area contributed by atoms with Gasteiger partial charge in [-0.2, -0.15) is 5.26 Å². The summed E-state index contributed by atoms with van der Waals surface area (Å²) < 4.78 is 11.5. The maximum atomic E-state index is 9.27. The number of halogens is 2. The van der Waals surface area contributed by atoms with Gasteiger partial charge in [-0.3, -0.25) is 4.90 Å². The van der Waals surface area contributed by atoms with E-state index < -0.39 is 0 Å². The zero-order chi connectivity index (χ0) is 18.2. The molecule has 152 valence electrons. The number of ether oxygens (including phenoxy) is 2. The van der Waals surface area contributed by atoms with Crippen LogP contribution >= 0.6 is 24.8 Å². The van der Waals surface area contributed by atoms with Crippen molar-refractivity contribution in [2.24, 2.45) is 0 Å². The summed E-state index contributed by atoms with van der Waals surface area (Å²) in [4.78, 5) is 2.36. The van der Waals surface area contributed by atoms with Crippen LogP contribution in [0.25, 0.3) is 0 Å². The Kier molecular flexibility index (Phi) is 10.7. The van der Waals surface area contributed by atoms with E-state index in [0.717, 1.165) is 43.1 Å². The second kappa shape index (κ2) is 12.5. The maximum absolute atomic E-state index is 9.27. The van der Waals surface area contributed by atoms with Gasteiger partial charge in [-0.1, -0.05) is 36.4 Å². The molecule has 0 aliphatic carbocycles. The first kappa shape index (κ1) is 24.1. The smallest absolute Gasteiger partial charge is 0.161 e. The van der Waals surface area contributed by atoms with Crippen LogP contribution in [-0.4, -0.2) is 38.2 Å². The van der Waals surface area contributed by atoms with Crippen molar-refractivity contribution in [2.45, 2.75) is 19.1 Å². The number of hydrogen-bond donors (Lipinski definition) is 1. The number of hydrogen-bond acceptors (Lipinski definition) is 5. The number of nitrogens with one attached hydrogen (secondary N) is 1. The van der Waals surface area contributed by atoms with Crippen molar-refractivity contribution >= 4 is 24.8 Å². The maximum Gasteiger partial charge on any atom is 0.161 e. The Hall–Kier alpha value is -1.97. The summed E-state index contributed by atoms with van der Waals surface area (Å²) in [5.41, 5.74) is 2.21. The Labute approximate surface area is 179 Å². The molecule has 1 fully saturated rings. The van der Waals surface area contributed by atoms with Gasteiger partial charge in [0.2, 0.25) is 0 Å². The molecule has 1 aliphatic heterocycles. The van der Waals surface area contributed by atoms with Gasteiger partial charge in [0, 0.05) is 32.2 Å². The third kappa shape index (κ3) is 6.29. The van der Waals surface area contributed by atoms with Gasteiger partial charge in [0.05, 0.1) is 19.6 Å². The van der Waals surface area contributed by atoms with Gasteiger partial charge < -0.3 is 14.8 Å². The molecule has 28 heavy (non-hydrogen) atoms. The summed E-state index contributed by atoms with van der Waals surface area (Å²) in [5.74, 6) is 1.42. The lowest BCUT2D eigenvalue weighted by Crippen LogP contribution is -2.45. The van der Waals surface area contributed by atoms with E-state index in [1.165, 1.54) is 0 Å². The fourth-order valence-electron chi connectivity index (χ4n) is 3.28. The molecule has 1 aliphatic rings. The van der Waals surface area contributed by atoms with Crippen molar-refractivity contribution in [3.63, 3.8) is 0 Å². The van der Waals surface area contributed by atoms with Crippen LogP contribution in [0.5, 0.6) is 11.5 Å². The van der Waals surface area contributed by atoms with Crippen molar-refractivity contribution in [3.05, 3.63) is 59.7 Å². The fraction of sp³-hybridized carbons (Fsp3) is 0.381. The summed E-state index contributed by atoms with van der Waals surface area (Å²) in [6.45, 7) is 4.30. The minimum atomic E-state index is 0. The second-order valence-electron chi connectivity index (χ2n) is 6.35. The number of methoxy groups -OCH3 is 1. The SMILES string of the molecule is COc1cc([C@@H](CC#N)N2CCNCC2)ccc1OCc1ccccc1.Cl.Cl. The molecule has 5 nitrogen and oxygen atoms in total. The summed E-state index contributed by atoms with van der Waals surface area (Å²) in [7, 11) is 1.65. The molecule has 3 rings (SSSR count). The van der Waals surface area contributed by atoms with Crippen LogP contribution in [-0.2, 0) is 6.61 Å². The molecular formula is C21H27Cl2N3O2. The number of nitrogens with zero attached hydrogens (tertiary/aromatic N) is 2. The van der Waals surface area contributed by atoms with E-state index >= 15 is 0 Å². The Morgan fingerprint density at radius 2 is 1.79 bits per heavy atom. The third-order valence-electron chi connectivity index (χ3n) is 4.69. The zero-order valence-corrected chi connectivity index (χ0v) is 17.6. The van der Waals surface area contributed by atoms with Crippen LogP contribution < -0.4 is 14.8 Å². The highest BCUT2D eigenvalue weighted by atomic mass is 35.5. The average Bonchev–Trinajstić information content (AvgIpc) is 2.72. The van der Waals surface area contributed by atoms with E-state index in [9.17, 15) is 5.26 Å². The molecule has 7 heteroatoms. The Balaban J connectivity index is 0.00000196. The van der Waals surface area contributed by atoms with Gasteiger partial charge >= 0.3 is 0 Å². The lowest BCUT2D eigenvalue weighted by Gasteiger charge is -2.34. The molecular weight excluding hydrogens is 397 g/mol.